The number of fused-ring (bicyclic) bond motifs is 1. The topological polar surface area (TPSA) is 85.3 Å². The molecule has 9 nitrogen and oxygen atoms in total. The first-order chi connectivity index (χ1) is 21.6. The van der Waals surface area contributed by atoms with Crippen molar-refractivity contribution in [1.82, 2.24) is 4.57 Å². The molecule has 0 aliphatic heterocycles. The molecule has 0 atom stereocenters. The first-order valence-electron chi connectivity index (χ1n) is 15.3. The monoisotopic (exact) mass is 748 g/mol. The second kappa shape index (κ2) is 18.9. The van der Waals surface area contributed by atoms with Crippen LogP contribution in [0.25, 0.3) is 11.0 Å². The summed E-state index contributed by atoms with van der Waals surface area (Å²) < 4.78 is 6.63. The van der Waals surface area contributed by atoms with Gasteiger partial charge in [0.2, 0.25) is 0 Å². The number of anilines is 2. The largest absolute Gasteiger partial charge is 1.00 e. The number of nitrogens with zero attached hydrogens (tertiary/aromatic N) is 7. The predicted molar refractivity (Wildman–Crippen MR) is 177 cm³/mol. The molecule has 0 spiro atoms. The molecule has 0 fully saturated rings. The number of rotatable bonds is 15. The van der Waals surface area contributed by atoms with Crippen LogP contribution in [0.15, 0.2) is 119 Å². The Labute approximate surface area is 292 Å². The Balaban J connectivity index is 0.00000288. The third-order valence-corrected chi connectivity index (χ3v) is 7.61. The van der Waals surface area contributed by atoms with Crippen LogP contribution in [-0.2, 0) is 20.1 Å². The zero-order valence-electron chi connectivity index (χ0n) is 26.4. The molecule has 0 amide bonds. The van der Waals surface area contributed by atoms with Crippen LogP contribution in [0.3, 0.4) is 0 Å². The number of aliphatic hydroxyl groups is 1. The molecule has 2 N–H and O–H groups in total. The highest BCUT2D eigenvalue weighted by Gasteiger charge is 2.21. The number of hydrazone groups is 1. The van der Waals surface area contributed by atoms with Crippen molar-refractivity contribution in [3.63, 3.8) is 0 Å². The average molecular weight is 751 g/mol. The number of hydrogen-bond donors (Lipinski definition) is 2. The van der Waals surface area contributed by atoms with Gasteiger partial charge < -0.3 is 44.4 Å². The Hall–Kier alpha value is -3.93. The first-order valence-corrected chi connectivity index (χ1v) is 15.3. The zero-order chi connectivity index (χ0) is 30.6. The van der Waals surface area contributed by atoms with Crippen molar-refractivity contribution in [3.8, 4) is 0 Å². The Morgan fingerprint density at radius 1 is 0.826 bits per heavy atom. The van der Waals surface area contributed by atoms with Gasteiger partial charge in [-0.15, -0.1) is 0 Å². The number of aryl methyl sites for hydroxylation is 3. The lowest BCUT2D eigenvalue weighted by molar-refractivity contribution is -0.697. The molecule has 0 aliphatic rings. The smallest absolute Gasteiger partial charge is 0.422 e. The van der Waals surface area contributed by atoms with Crippen molar-refractivity contribution in [2.24, 2.45) is 22.4 Å². The molecule has 0 aliphatic carbocycles. The maximum Gasteiger partial charge on any atom is 0.422 e. The van der Waals surface area contributed by atoms with Gasteiger partial charge in [-0.25, -0.2) is 13.7 Å². The molecule has 11 heteroatoms. The van der Waals surface area contributed by atoms with Crippen LogP contribution < -0.4 is 53.4 Å². The SMILES string of the molecule is CN(/N=C\c1cc[n+](CCCCCCn2c(N=Nc3ccc(NCCO)cc3)[n+](C)c3ccccc32)cc1)c1ccccc1.[Br-].[Br-]. The van der Waals surface area contributed by atoms with E-state index in [-0.39, 0.29) is 40.6 Å². The van der Waals surface area contributed by atoms with E-state index in [0.717, 1.165) is 72.9 Å². The number of pyridine rings is 1. The quantitative estimate of drug-likeness (QED) is 0.0532. The Bertz CT molecular complexity index is 1670. The average Bonchev–Trinajstić information content (AvgIpc) is 3.34. The molecular formula is C35H42Br2N8O. The molecule has 3 aromatic carbocycles. The van der Waals surface area contributed by atoms with Gasteiger partial charge in [0, 0.05) is 48.5 Å². The van der Waals surface area contributed by atoms with Gasteiger partial charge in [-0.2, -0.15) is 5.10 Å². The minimum absolute atomic E-state index is 0. The van der Waals surface area contributed by atoms with Gasteiger partial charge in [-0.1, -0.05) is 41.9 Å². The van der Waals surface area contributed by atoms with Gasteiger partial charge in [0.1, 0.15) is 23.3 Å². The number of hydrogen-bond acceptors (Lipinski definition) is 6. The highest BCUT2D eigenvalue weighted by molar-refractivity contribution is 5.79. The maximum absolute atomic E-state index is 9.01. The summed E-state index contributed by atoms with van der Waals surface area (Å²) in [7, 11) is 4.00. The summed E-state index contributed by atoms with van der Waals surface area (Å²) in [5, 5.41) is 27.8. The molecule has 0 unspecified atom stereocenters. The summed E-state index contributed by atoms with van der Waals surface area (Å²) >= 11 is 0. The van der Waals surface area contributed by atoms with Gasteiger partial charge in [-0.05, 0) is 61.4 Å². The van der Waals surface area contributed by atoms with Crippen LogP contribution in [0.5, 0.6) is 0 Å². The molecule has 0 bridgehead atoms. The maximum atomic E-state index is 9.01. The van der Waals surface area contributed by atoms with E-state index < -0.39 is 0 Å². The number of aliphatic hydroxyl groups excluding tert-OH is 1. The molecule has 0 saturated carbocycles. The number of nitrogens with one attached hydrogen (secondary N) is 1. The number of benzene rings is 3. The molecule has 0 saturated heterocycles. The molecule has 2 heterocycles. The van der Waals surface area contributed by atoms with E-state index >= 15 is 0 Å². The summed E-state index contributed by atoms with van der Waals surface area (Å²) in [5.41, 5.74) is 6.18. The number of unbranched alkanes of at least 4 members (excludes halogenated alkanes) is 3. The van der Waals surface area contributed by atoms with Crippen LogP contribution in [0.4, 0.5) is 23.0 Å². The van der Waals surface area contributed by atoms with E-state index in [2.05, 4.69) is 83.1 Å². The van der Waals surface area contributed by atoms with Gasteiger partial charge in [0.05, 0.1) is 32.1 Å². The number of para-hydroxylation sites is 3. The fourth-order valence-corrected chi connectivity index (χ4v) is 5.15. The van der Waals surface area contributed by atoms with Gasteiger partial charge in [0.15, 0.2) is 12.4 Å². The summed E-state index contributed by atoms with van der Waals surface area (Å²) in [6.45, 7) is 2.50. The van der Waals surface area contributed by atoms with Crippen LogP contribution in [0, 0.1) is 0 Å². The Morgan fingerprint density at radius 3 is 2.26 bits per heavy atom. The van der Waals surface area contributed by atoms with E-state index in [0.29, 0.717) is 6.54 Å². The van der Waals surface area contributed by atoms with Gasteiger partial charge in [0.25, 0.3) is 0 Å². The first kappa shape index (κ1) is 36.5. The van der Waals surface area contributed by atoms with Crippen LogP contribution in [0.1, 0.15) is 31.2 Å². The molecule has 5 rings (SSSR count). The van der Waals surface area contributed by atoms with E-state index in [4.69, 9.17) is 5.11 Å². The minimum Gasteiger partial charge on any atom is -1.00 e. The fraction of sp³-hybridized carbons (Fsp3) is 0.286. The molecule has 242 valence electrons. The van der Waals surface area contributed by atoms with E-state index in [9.17, 15) is 0 Å². The highest BCUT2D eigenvalue weighted by atomic mass is 79.9. The lowest BCUT2D eigenvalue weighted by atomic mass is 10.2. The molecule has 5 aromatic rings. The third-order valence-electron chi connectivity index (χ3n) is 7.61. The molecule has 0 radical (unpaired) electrons. The lowest BCUT2D eigenvalue weighted by Gasteiger charge is -2.11. The summed E-state index contributed by atoms with van der Waals surface area (Å²) in [6.07, 6.45) is 10.7. The predicted octanol–water partition coefficient (Wildman–Crippen LogP) is 0.312. The number of halogens is 2. The van der Waals surface area contributed by atoms with Gasteiger partial charge in [-0.3, -0.25) is 5.01 Å². The summed E-state index contributed by atoms with van der Waals surface area (Å²) in [6, 6.07) is 30.5. The van der Waals surface area contributed by atoms with Crippen molar-refractivity contribution >= 4 is 40.3 Å². The number of azo groups is 1. The molecule has 46 heavy (non-hydrogen) atoms. The second-order valence-electron chi connectivity index (χ2n) is 10.8. The van der Waals surface area contributed by atoms with Crippen molar-refractivity contribution in [2.75, 3.05) is 30.5 Å². The molecule has 2 aromatic heterocycles. The van der Waals surface area contributed by atoms with E-state index in [1.165, 1.54) is 5.52 Å². The van der Waals surface area contributed by atoms with E-state index in [1.807, 2.05) is 79.9 Å². The van der Waals surface area contributed by atoms with Crippen molar-refractivity contribution in [3.05, 3.63) is 109 Å². The Morgan fingerprint density at radius 2 is 1.52 bits per heavy atom. The van der Waals surface area contributed by atoms with Crippen LogP contribution in [-0.4, -0.2) is 36.1 Å². The van der Waals surface area contributed by atoms with E-state index in [1.54, 1.807) is 0 Å². The van der Waals surface area contributed by atoms with Crippen molar-refractivity contribution in [2.45, 2.75) is 38.8 Å². The zero-order valence-corrected chi connectivity index (χ0v) is 29.6. The standard InChI is InChI=1S/C35H41N8O.2BrH/c1-40-33-14-8-9-15-34(33)43(35(40)39-38-31-18-16-30(17-19-31)36-22-27-44)24-11-4-3-10-23-42-25-20-29(21-26-42)28-37-41(2)32-12-6-5-7-13-32;;/h5-9,12-21,25-26,28,44H,3-4,10-11,22-24,27H2,1-2H3;2*1H/q+1;;/p-1. The molecular weight excluding hydrogens is 708 g/mol. The van der Waals surface area contributed by atoms with Gasteiger partial charge >= 0.3 is 5.95 Å². The summed E-state index contributed by atoms with van der Waals surface area (Å²) in [5.74, 6) is 0.836. The van der Waals surface area contributed by atoms with Crippen molar-refractivity contribution in [1.29, 1.82) is 0 Å². The Kier molecular flexibility index (Phi) is 15.0. The summed E-state index contributed by atoms with van der Waals surface area (Å²) in [4.78, 5) is 0. The second-order valence-corrected chi connectivity index (χ2v) is 10.8. The normalized spacial score (nSPS) is 11.1. The minimum atomic E-state index is 0. The van der Waals surface area contributed by atoms with Crippen LogP contribution in [0.2, 0.25) is 0 Å². The number of aromatic nitrogens is 3. The highest BCUT2D eigenvalue weighted by Crippen LogP contribution is 2.24. The number of imidazole rings is 1. The fourth-order valence-electron chi connectivity index (χ4n) is 5.15. The van der Waals surface area contributed by atoms with Crippen LogP contribution >= 0.6 is 0 Å². The lowest BCUT2D eigenvalue weighted by Crippen LogP contribution is -3.00. The third kappa shape index (κ3) is 10.0. The van der Waals surface area contributed by atoms with Crippen molar-refractivity contribution < 1.29 is 48.2 Å².